The summed E-state index contributed by atoms with van der Waals surface area (Å²) in [6, 6.07) is 7.07. The maximum absolute atomic E-state index is 5.70. The van der Waals surface area contributed by atoms with Gasteiger partial charge < -0.3 is 10.1 Å². The minimum atomic E-state index is 0.531. The Balaban J connectivity index is 2.00. The first kappa shape index (κ1) is 8.30. The summed E-state index contributed by atoms with van der Waals surface area (Å²) in [6.45, 7) is 2.01. The van der Waals surface area contributed by atoms with E-state index in [9.17, 15) is 0 Å². The maximum atomic E-state index is 5.70. The van der Waals surface area contributed by atoms with Crippen molar-refractivity contribution in [1.82, 2.24) is 5.32 Å². The fraction of sp³-hybridized carbons (Fsp3) is 0.500. The second-order valence-electron chi connectivity index (χ2n) is 4.08. The molecule has 74 valence electrons. The van der Waals surface area contributed by atoms with Crippen LogP contribution in [0.2, 0.25) is 0 Å². The molecule has 1 unspecified atom stereocenters. The van der Waals surface area contributed by atoms with E-state index in [1.807, 2.05) is 0 Å². The minimum absolute atomic E-state index is 0.531. The summed E-state index contributed by atoms with van der Waals surface area (Å²) >= 11 is 0. The molecule has 2 aliphatic heterocycles. The summed E-state index contributed by atoms with van der Waals surface area (Å²) in [5.41, 5.74) is 2.76. The molecule has 2 heteroatoms. The van der Waals surface area contributed by atoms with E-state index in [1.165, 1.54) is 24.0 Å². The fourth-order valence-corrected chi connectivity index (χ4v) is 2.47. The first-order valence-corrected chi connectivity index (χ1v) is 5.43. The second-order valence-corrected chi connectivity index (χ2v) is 4.08. The monoisotopic (exact) mass is 189 g/mol. The van der Waals surface area contributed by atoms with E-state index < -0.39 is 0 Å². The smallest absolute Gasteiger partial charge is 0.127 e. The van der Waals surface area contributed by atoms with Gasteiger partial charge in [0, 0.05) is 18.0 Å². The Kier molecular flexibility index (Phi) is 1.95. The molecule has 0 aliphatic carbocycles. The van der Waals surface area contributed by atoms with Gasteiger partial charge in [-0.1, -0.05) is 18.2 Å². The lowest BCUT2D eigenvalue weighted by molar-refractivity contribution is 0.350. The predicted molar refractivity (Wildman–Crippen MR) is 55.6 cm³/mol. The molecule has 0 spiro atoms. The van der Waals surface area contributed by atoms with Gasteiger partial charge in [-0.2, -0.15) is 0 Å². The number of benzene rings is 1. The van der Waals surface area contributed by atoms with E-state index in [2.05, 4.69) is 23.5 Å². The van der Waals surface area contributed by atoms with E-state index >= 15 is 0 Å². The van der Waals surface area contributed by atoms with Crippen LogP contribution < -0.4 is 10.1 Å². The van der Waals surface area contributed by atoms with E-state index in [0.717, 1.165) is 25.3 Å². The standard InChI is InChI=1S/C12H15NO/c1-3-9-6-8-14-12(9)10(4-1)11-5-2-7-13-11/h1,3-4,11,13H,2,5-8H2. The largest absolute Gasteiger partial charge is 0.493 e. The Morgan fingerprint density at radius 2 is 2.36 bits per heavy atom. The van der Waals surface area contributed by atoms with Crippen molar-refractivity contribution in [2.75, 3.05) is 13.2 Å². The third kappa shape index (κ3) is 1.22. The van der Waals surface area contributed by atoms with Crippen LogP contribution in [0, 0.1) is 0 Å². The molecule has 14 heavy (non-hydrogen) atoms. The van der Waals surface area contributed by atoms with Gasteiger partial charge in [-0.25, -0.2) is 0 Å². The lowest BCUT2D eigenvalue weighted by atomic mass is 10.0. The van der Waals surface area contributed by atoms with Gasteiger partial charge in [-0.05, 0) is 24.9 Å². The quantitative estimate of drug-likeness (QED) is 0.730. The molecule has 2 nitrogen and oxygen atoms in total. The van der Waals surface area contributed by atoms with Crippen molar-refractivity contribution in [3.63, 3.8) is 0 Å². The zero-order valence-electron chi connectivity index (χ0n) is 8.25. The lowest BCUT2D eigenvalue weighted by Crippen LogP contribution is -2.13. The van der Waals surface area contributed by atoms with Gasteiger partial charge in [-0.15, -0.1) is 0 Å². The molecule has 0 bridgehead atoms. The normalized spacial score (nSPS) is 24.7. The summed E-state index contributed by atoms with van der Waals surface area (Å²) in [6.07, 6.45) is 3.62. The van der Waals surface area contributed by atoms with Crippen molar-refractivity contribution in [2.45, 2.75) is 25.3 Å². The molecule has 1 atom stereocenters. The zero-order chi connectivity index (χ0) is 9.38. The number of ether oxygens (including phenoxy) is 1. The van der Waals surface area contributed by atoms with Gasteiger partial charge in [0.05, 0.1) is 6.61 Å². The number of hydrogen-bond donors (Lipinski definition) is 1. The molecule has 0 amide bonds. The highest BCUT2D eigenvalue weighted by molar-refractivity contribution is 5.45. The SMILES string of the molecule is c1cc2c(c(C3CCCN3)c1)OCC2. The Hall–Kier alpha value is -1.02. The first-order chi connectivity index (χ1) is 6.95. The Morgan fingerprint density at radius 1 is 1.36 bits per heavy atom. The molecule has 2 aliphatic rings. The first-order valence-electron chi connectivity index (χ1n) is 5.43. The average molecular weight is 189 g/mol. The van der Waals surface area contributed by atoms with Crippen molar-refractivity contribution in [2.24, 2.45) is 0 Å². The molecule has 1 aromatic carbocycles. The van der Waals surface area contributed by atoms with E-state index in [-0.39, 0.29) is 0 Å². The molecule has 0 saturated carbocycles. The van der Waals surface area contributed by atoms with Crippen LogP contribution in [-0.4, -0.2) is 13.2 Å². The van der Waals surface area contributed by atoms with Crippen LogP contribution in [0.25, 0.3) is 0 Å². The summed E-state index contributed by atoms with van der Waals surface area (Å²) < 4.78 is 5.70. The molecule has 0 radical (unpaired) electrons. The zero-order valence-corrected chi connectivity index (χ0v) is 8.25. The van der Waals surface area contributed by atoms with Gasteiger partial charge in [0.25, 0.3) is 0 Å². The molecular formula is C12H15NO. The van der Waals surface area contributed by atoms with Crippen molar-refractivity contribution >= 4 is 0 Å². The molecule has 3 rings (SSSR count). The van der Waals surface area contributed by atoms with Crippen LogP contribution >= 0.6 is 0 Å². The number of hydrogen-bond acceptors (Lipinski definition) is 2. The van der Waals surface area contributed by atoms with Crippen molar-refractivity contribution in [3.8, 4) is 5.75 Å². The van der Waals surface area contributed by atoms with Gasteiger partial charge in [-0.3, -0.25) is 0 Å². The second kappa shape index (κ2) is 3.28. The Morgan fingerprint density at radius 3 is 3.21 bits per heavy atom. The van der Waals surface area contributed by atoms with Crippen LogP contribution in [0.5, 0.6) is 5.75 Å². The summed E-state index contributed by atoms with van der Waals surface area (Å²) in [5.74, 6) is 1.16. The lowest BCUT2D eigenvalue weighted by Gasteiger charge is -2.14. The summed E-state index contributed by atoms with van der Waals surface area (Å²) in [4.78, 5) is 0. The van der Waals surface area contributed by atoms with Gasteiger partial charge in [0.15, 0.2) is 0 Å². The summed E-state index contributed by atoms with van der Waals surface area (Å²) in [7, 11) is 0. The summed E-state index contributed by atoms with van der Waals surface area (Å²) in [5, 5.41) is 3.52. The third-order valence-electron chi connectivity index (χ3n) is 3.18. The number of para-hydroxylation sites is 1. The number of nitrogens with one attached hydrogen (secondary N) is 1. The molecule has 1 fully saturated rings. The van der Waals surface area contributed by atoms with Gasteiger partial charge in [0.2, 0.25) is 0 Å². The molecule has 0 aromatic heterocycles. The molecule has 1 aromatic rings. The fourth-order valence-electron chi connectivity index (χ4n) is 2.47. The highest BCUT2D eigenvalue weighted by Gasteiger charge is 2.23. The number of fused-ring (bicyclic) bond motifs is 1. The predicted octanol–water partition coefficient (Wildman–Crippen LogP) is 2.05. The van der Waals surface area contributed by atoms with E-state index in [4.69, 9.17) is 4.74 Å². The van der Waals surface area contributed by atoms with E-state index in [1.54, 1.807) is 0 Å². The van der Waals surface area contributed by atoms with Crippen LogP contribution in [0.3, 0.4) is 0 Å². The van der Waals surface area contributed by atoms with Gasteiger partial charge in [0.1, 0.15) is 5.75 Å². The van der Waals surface area contributed by atoms with Crippen LogP contribution in [0.1, 0.15) is 30.0 Å². The van der Waals surface area contributed by atoms with Crippen LogP contribution in [-0.2, 0) is 6.42 Å². The minimum Gasteiger partial charge on any atom is -0.493 e. The van der Waals surface area contributed by atoms with Crippen LogP contribution in [0.15, 0.2) is 18.2 Å². The Labute approximate surface area is 84.3 Å². The van der Waals surface area contributed by atoms with Crippen LogP contribution in [0.4, 0.5) is 0 Å². The highest BCUT2D eigenvalue weighted by atomic mass is 16.5. The third-order valence-corrected chi connectivity index (χ3v) is 3.18. The molecule has 2 heterocycles. The highest BCUT2D eigenvalue weighted by Crippen LogP contribution is 2.36. The maximum Gasteiger partial charge on any atom is 0.127 e. The molecule has 1 N–H and O–H groups in total. The van der Waals surface area contributed by atoms with E-state index in [0.29, 0.717) is 6.04 Å². The van der Waals surface area contributed by atoms with Gasteiger partial charge >= 0.3 is 0 Å². The average Bonchev–Trinajstić information content (AvgIpc) is 2.88. The number of rotatable bonds is 1. The molecule has 1 saturated heterocycles. The molecular weight excluding hydrogens is 174 g/mol. The Bertz CT molecular complexity index is 342. The van der Waals surface area contributed by atoms with Crippen molar-refractivity contribution < 1.29 is 4.74 Å². The van der Waals surface area contributed by atoms with Crippen molar-refractivity contribution in [1.29, 1.82) is 0 Å². The van der Waals surface area contributed by atoms with Crippen molar-refractivity contribution in [3.05, 3.63) is 29.3 Å². The topological polar surface area (TPSA) is 21.3 Å².